The minimum Gasteiger partial charge on any atom is -0.497 e. The lowest BCUT2D eigenvalue weighted by Crippen LogP contribution is -2.15. The molecular formula is C17H15BrN6O5S. The number of aromatic nitrogens is 4. The average molecular weight is 495 g/mol. The van der Waals surface area contributed by atoms with Gasteiger partial charge in [0, 0.05) is 22.7 Å². The third kappa shape index (κ3) is 4.86. The quantitative estimate of drug-likeness (QED) is 0.284. The van der Waals surface area contributed by atoms with Crippen LogP contribution in [0.5, 0.6) is 11.5 Å². The molecule has 30 heavy (non-hydrogen) atoms. The van der Waals surface area contributed by atoms with Gasteiger partial charge in [-0.25, -0.2) is 0 Å². The third-order valence-electron chi connectivity index (χ3n) is 3.83. The number of benzene rings is 2. The van der Waals surface area contributed by atoms with Crippen molar-refractivity contribution in [1.29, 1.82) is 0 Å². The van der Waals surface area contributed by atoms with Crippen LogP contribution in [0.4, 0.5) is 11.4 Å². The lowest BCUT2D eigenvalue weighted by molar-refractivity contribution is -0.384. The molecule has 0 saturated heterocycles. The number of non-ortho nitro benzene ring substituents is 1. The number of tetrazole rings is 1. The van der Waals surface area contributed by atoms with Crippen molar-refractivity contribution in [3.05, 3.63) is 51.0 Å². The fourth-order valence-electron chi connectivity index (χ4n) is 2.42. The number of carbonyl (C=O) groups excluding carboxylic acids is 1. The monoisotopic (exact) mass is 494 g/mol. The molecule has 0 aliphatic heterocycles. The summed E-state index contributed by atoms with van der Waals surface area (Å²) < 4.78 is 12.4. The Morgan fingerprint density at radius 3 is 2.73 bits per heavy atom. The van der Waals surface area contributed by atoms with Crippen molar-refractivity contribution in [1.82, 2.24) is 20.2 Å². The molecular weight excluding hydrogens is 480 g/mol. The number of anilines is 1. The van der Waals surface area contributed by atoms with E-state index in [1.165, 1.54) is 30.0 Å². The van der Waals surface area contributed by atoms with E-state index < -0.39 is 4.92 Å². The smallest absolute Gasteiger partial charge is 0.270 e. The van der Waals surface area contributed by atoms with Crippen LogP contribution in [0.1, 0.15) is 0 Å². The molecule has 1 amide bonds. The first-order valence-electron chi connectivity index (χ1n) is 8.30. The van der Waals surface area contributed by atoms with Crippen LogP contribution in [0, 0.1) is 10.1 Å². The molecule has 0 saturated carbocycles. The Hall–Kier alpha value is -3.19. The second-order valence-electron chi connectivity index (χ2n) is 5.67. The summed E-state index contributed by atoms with van der Waals surface area (Å²) in [6.07, 6.45) is 0. The van der Waals surface area contributed by atoms with Crippen molar-refractivity contribution >= 4 is 45.0 Å². The minimum atomic E-state index is -0.515. The van der Waals surface area contributed by atoms with Crippen LogP contribution in [0.25, 0.3) is 5.69 Å². The summed E-state index contributed by atoms with van der Waals surface area (Å²) in [7, 11) is 3.07. The molecule has 3 aromatic rings. The summed E-state index contributed by atoms with van der Waals surface area (Å²) in [5.74, 6) is 0.805. The fraction of sp³-hybridized carbons (Fsp3) is 0.176. The van der Waals surface area contributed by atoms with Gasteiger partial charge in [-0.2, -0.15) is 4.68 Å². The maximum Gasteiger partial charge on any atom is 0.270 e. The van der Waals surface area contributed by atoms with Gasteiger partial charge in [-0.05, 0) is 44.6 Å². The molecule has 0 spiro atoms. The number of methoxy groups -OCH3 is 2. The summed E-state index contributed by atoms with van der Waals surface area (Å²) in [6, 6.07) is 9.27. The van der Waals surface area contributed by atoms with Crippen LogP contribution in [0.2, 0.25) is 0 Å². The maximum absolute atomic E-state index is 12.3. The van der Waals surface area contributed by atoms with E-state index in [0.717, 1.165) is 11.8 Å². The molecule has 1 N–H and O–H groups in total. The van der Waals surface area contributed by atoms with Crippen molar-refractivity contribution in [2.24, 2.45) is 0 Å². The second kappa shape index (κ2) is 9.54. The van der Waals surface area contributed by atoms with Gasteiger partial charge in [0.2, 0.25) is 11.1 Å². The number of hydrogen-bond acceptors (Lipinski definition) is 9. The Labute approximate surface area is 183 Å². The molecule has 0 aliphatic rings. The normalized spacial score (nSPS) is 10.5. The molecule has 0 bridgehead atoms. The first-order valence-corrected chi connectivity index (χ1v) is 10.1. The van der Waals surface area contributed by atoms with Crippen LogP contribution in [-0.2, 0) is 4.79 Å². The average Bonchev–Trinajstić information content (AvgIpc) is 3.21. The molecule has 1 heterocycles. The molecule has 2 aromatic carbocycles. The highest BCUT2D eigenvalue weighted by atomic mass is 79.9. The van der Waals surface area contributed by atoms with Crippen LogP contribution in [0.15, 0.2) is 46.0 Å². The second-order valence-corrected chi connectivity index (χ2v) is 7.47. The molecule has 1 aromatic heterocycles. The standard InChI is InChI=1S/C17H15BrN6O5S/c1-28-11-4-6-15(29-2)14(8-11)23-17(20-21-22-23)30-9-16(25)19-13-5-3-10(24(26)27)7-12(13)18/h3-8H,9H2,1-2H3,(H,19,25). The molecule has 13 heteroatoms. The van der Waals surface area contributed by atoms with Gasteiger partial charge < -0.3 is 14.8 Å². The number of nitro benzene ring substituents is 1. The number of thioether (sulfide) groups is 1. The number of rotatable bonds is 8. The van der Waals surface area contributed by atoms with Gasteiger partial charge >= 0.3 is 0 Å². The zero-order valence-electron chi connectivity index (χ0n) is 15.7. The number of ether oxygens (including phenoxy) is 2. The summed E-state index contributed by atoms with van der Waals surface area (Å²) in [4.78, 5) is 22.6. The molecule has 0 unspecified atom stereocenters. The number of carbonyl (C=O) groups is 1. The van der Waals surface area contributed by atoms with Crippen molar-refractivity contribution in [3.63, 3.8) is 0 Å². The van der Waals surface area contributed by atoms with Crippen molar-refractivity contribution in [3.8, 4) is 17.2 Å². The number of nitrogens with zero attached hydrogens (tertiary/aromatic N) is 5. The van der Waals surface area contributed by atoms with E-state index in [1.54, 1.807) is 25.3 Å². The molecule has 0 aliphatic carbocycles. The predicted molar refractivity (Wildman–Crippen MR) is 112 cm³/mol. The first kappa shape index (κ1) is 21.5. The number of amides is 1. The number of nitro groups is 1. The van der Waals surface area contributed by atoms with Crippen LogP contribution in [-0.4, -0.2) is 51.0 Å². The van der Waals surface area contributed by atoms with Crippen LogP contribution >= 0.6 is 27.7 Å². The third-order valence-corrected chi connectivity index (χ3v) is 5.40. The summed E-state index contributed by atoms with van der Waals surface area (Å²) in [5.41, 5.74) is 0.892. The molecule has 3 rings (SSSR count). The Bertz CT molecular complexity index is 1090. The Morgan fingerprint density at radius 1 is 1.27 bits per heavy atom. The fourth-order valence-corrected chi connectivity index (χ4v) is 3.57. The summed E-state index contributed by atoms with van der Waals surface area (Å²) >= 11 is 4.33. The highest BCUT2D eigenvalue weighted by molar-refractivity contribution is 9.10. The lowest BCUT2D eigenvalue weighted by Gasteiger charge is -2.11. The van der Waals surface area contributed by atoms with E-state index in [2.05, 4.69) is 36.8 Å². The van der Waals surface area contributed by atoms with Gasteiger partial charge in [-0.3, -0.25) is 14.9 Å². The van der Waals surface area contributed by atoms with Crippen LogP contribution < -0.4 is 14.8 Å². The zero-order chi connectivity index (χ0) is 21.7. The van der Waals surface area contributed by atoms with Gasteiger partial charge in [0.25, 0.3) is 5.69 Å². The Balaban J connectivity index is 1.72. The van der Waals surface area contributed by atoms with Gasteiger partial charge in [-0.15, -0.1) is 5.10 Å². The summed E-state index contributed by atoms with van der Waals surface area (Å²) in [6.45, 7) is 0. The first-order chi connectivity index (χ1) is 14.4. The highest BCUT2D eigenvalue weighted by Gasteiger charge is 2.17. The van der Waals surface area contributed by atoms with Crippen molar-refractivity contribution in [2.45, 2.75) is 5.16 Å². The molecule has 156 valence electrons. The van der Waals surface area contributed by atoms with E-state index >= 15 is 0 Å². The summed E-state index contributed by atoms with van der Waals surface area (Å²) in [5, 5.41) is 25.5. The Kier molecular flexibility index (Phi) is 6.84. The van der Waals surface area contributed by atoms with Gasteiger partial charge in [0.05, 0.1) is 30.6 Å². The lowest BCUT2D eigenvalue weighted by atomic mass is 10.3. The zero-order valence-corrected chi connectivity index (χ0v) is 18.1. The number of hydrogen-bond donors (Lipinski definition) is 1. The predicted octanol–water partition coefficient (Wildman–Crippen LogP) is 3.08. The number of nitrogens with one attached hydrogen (secondary N) is 1. The topological polar surface area (TPSA) is 134 Å². The Morgan fingerprint density at radius 2 is 2.07 bits per heavy atom. The molecule has 0 radical (unpaired) electrons. The molecule has 0 atom stereocenters. The van der Waals surface area contributed by atoms with E-state index in [0.29, 0.717) is 32.5 Å². The van der Waals surface area contributed by atoms with Gasteiger partial charge in [0.1, 0.15) is 17.2 Å². The minimum absolute atomic E-state index is 0.0100. The number of halogens is 1. The van der Waals surface area contributed by atoms with Crippen molar-refractivity contribution < 1.29 is 19.2 Å². The van der Waals surface area contributed by atoms with E-state index in [4.69, 9.17) is 9.47 Å². The van der Waals surface area contributed by atoms with Gasteiger partial charge in [-0.1, -0.05) is 11.8 Å². The van der Waals surface area contributed by atoms with Crippen molar-refractivity contribution in [2.75, 3.05) is 25.3 Å². The highest BCUT2D eigenvalue weighted by Crippen LogP contribution is 2.30. The van der Waals surface area contributed by atoms with Gasteiger partial charge in [0.15, 0.2) is 0 Å². The molecule has 0 fully saturated rings. The maximum atomic E-state index is 12.3. The SMILES string of the molecule is COc1ccc(OC)c(-n2nnnc2SCC(=O)Nc2ccc([N+](=O)[O-])cc2Br)c1. The van der Waals surface area contributed by atoms with E-state index in [-0.39, 0.29) is 17.3 Å². The molecule has 11 nitrogen and oxygen atoms in total. The van der Waals surface area contributed by atoms with Crippen LogP contribution in [0.3, 0.4) is 0 Å². The largest absolute Gasteiger partial charge is 0.497 e. The van der Waals surface area contributed by atoms with E-state index in [9.17, 15) is 14.9 Å². The van der Waals surface area contributed by atoms with E-state index in [1.807, 2.05) is 0 Å².